The maximum absolute atomic E-state index is 10.4. The summed E-state index contributed by atoms with van der Waals surface area (Å²) in [6.07, 6.45) is 0. The molecular weight excluding hydrogens is 158 g/mol. The van der Waals surface area contributed by atoms with E-state index >= 15 is 0 Å². The Labute approximate surface area is 70.4 Å². The predicted octanol–water partition coefficient (Wildman–Crippen LogP) is 1.43. The van der Waals surface area contributed by atoms with Crippen molar-refractivity contribution in [3.8, 4) is 0 Å². The molecule has 4 nitrogen and oxygen atoms in total. The Balaban J connectivity index is 2.84. The molecule has 0 aromatic carbocycles. The summed E-state index contributed by atoms with van der Waals surface area (Å²) in [6.45, 7) is 2.75. The zero-order valence-electron chi connectivity index (χ0n) is 7.07. The molecule has 0 fully saturated rings. The predicted molar refractivity (Wildman–Crippen MR) is 44.6 cm³/mol. The van der Waals surface area contributed by atoms with Crippen LogP contribution in [-0.2, 0) is 0 Å². The number of anilines is 1. The lowest BCUT2D eigenvalue weighted by atomic mass is 10.4. The van der Waals surface area contributed by atoms with Crippen molar-refractivity contribution >= 4 is 11.9 Å². The van der Waals surface area contributed by atoms with Gasteiger partial charge in [-0.25, -0.2) is 4.79 Å². The summed E-state index contributed by atoms with van der Waals surface area (Å²) >= 11 is 0. The standard InChI is InChI=1S/C8H11NO3/c1-3-9(2)7-5-4-6(12-7)8(10)11/h4-5H,3H2,1-2H3,(H,10,11). The second kappa shape index (κ2) is 3.30. The van der Waals surface area contributed by atoms with E-state index in [1.165, 1.54) is 6.07 Å². The molecule has 12 heavy (non-hydrogen) atoms. The molecule has 0 amide bonds. The van der Waals surface area contributed by atoms with E-state index in [1.807, 2.05) is 18.9 Å². The quantitative estimate of drug-likeness (QED) is 0.743. The molecule has 1 aromatic heterocycles. The first kappa shape index (κ1) is 8.64. The molecule has 0 aliphatic heterocycles. The van der Waals surface area contributed by atoms with Gasteiger partial charge < -0.3 is 14.4 Å². The van der Waals surface area contributed by atoms with Crippen LogP contribution in [0.4, 0.5) is 5.88 Å². The number of carbonyl (C=O) groups is 1. The number of nitrogens with zero attached hydrogens (tertiary/aromatic N) is 1. The minimum absolute atomic E-state index is 0.0229. The van der Waals surface area contributed by atoms with E-state index < -0.39 is 5.97 Å². The van der Waals surface area contributed by atoms with Gasteiger partial charge in [-0.05, 0) is 13.0 Å². The summed E-state index contributed by atoms with van der Waals surface area (Å²) in [5.74, 6) is -0.481. The minimum atomic E-state index is -1.04. The number of carboxylic acid groups (broad SMARTS) is 1. The molecule has 0 spiro atoms. The highest BCUT2D eigenvalue weighted by atomic mass is 16.4. The van der Waals surface area contributed by atoms with Gasteiger partial charge in [0.05, 0.1) is 0 Å². The molecule has 1 N–H and O–H groups in total. The summed E-state index contributed by atoms with van der Waals surface area (Å²) in [5.41, 5.74) is 0. The van der Waals surface area contributed by atoms with Crippen molar-refractivity contribution in [3.63, 3.8) is 0 Å². The van der Waals surface area contributed by atoms with Crippen LogP contribution in [0.3, 0.4) is 0 Å². The van der Waals surface area contributed by atoms with Crippen LogP contribution in [0.1, 0.15) is 17.5 Å². The van der Waals surface area contributed by atoms with E-state index in [-0.39, 0.29) is 5.76 Å². The van der Waals surface area contributed by atoms with Crippen molar-refractivity contribution in [3.05, 3.63) is 17.9 Å². The van der Waals surface area contributed by atoms with Crippen LogP contribution >= 0.6 is 0 Å². The van der Waals surface area contributed by atoms with Crippen LogP contribution in [0.5, 0.6) is 0 Å². The Morgan fingerprint density at radius 3 is 2.75 bits per heavy atom. The molecule has 4 heteroatoms. The summed E-state index contributed by atoms with van der Waals surface area (Å²) in [7, 11) is 1.84. The van der Waals surface area contributed by atoms with Crippen LogP contribution in [0, 0.1) is 0 Å². The number of aromatic carboxylic acids is 1. The Morgan fingerprint density at radius 1 is 1.67 bits per heavy atom. The van der Waals surface area contributed by atoms with Gasteiger partial charge in [0.2, 0.25) is 5.76 Å². The first-order valence-electron chi connectivity index (χ1n) is 3.69. The Hall–Kier alpha value is -1.45. The van der Waals surface area contributed by atoms with Gasteiger partial charge >= 0.3 is 5.97 Å². The maximum atomic E-state index is 10.4. The SMILES string of the molecule is CCN(C)c1ccc(C(=O)O)o1. The van der Waals surface area contributed by atoms with Crippen molar-refractivity contribution in [2.24, 2.45) is 0 Å². The van der Waals surface area contributed by atoms with Crippen molar-refractivity contribution in [2.75, 3.05) is 18.5 Å². The van der Waals surface area contributed by atoms with Crippen LogP contribution in [0.15, 0.2) is 16.5 Å². The van der Waals surface area contributed by atoms with E-state index in [0.717, 1.165) is 6.54 Å². The van der Waals surface area contributed by atoms with Gasteiger partial charge in [-0.1, -0.05) is 0 Å². The van der Waals surface area contributed by atoms with E-state index in [1.54, 1.807) is 6.07 Å². The fourth-order valence-corrected chi connectivity index (χ4v) is 0.804. The first-order chi connectivity index (χ1) is 5.65. The van der Waals surface area contributed by atoms with Crippen LogP contribution in [0.2, 0.25) is 0 Å². The average Bonchev–Trinajstić information content (AvgIpc) is 2.51. The number of rotatable bonds is 3. The zero-order chi connectivity index (χ0) is 9.14. The molecule has 0 radical (unpaired) electrons. The normalized spacial score (nSPS) is 9.83. The molecule has 0 atom stereocenters. The molecule has 0 saturated carbocycles. The number of hydrogen-bond donors (Lipinski definition) is 1. The fourth-order valence-electron chi connectivity index (χ4n) is 0.804. The molecule has 0 unspecified atom stereocenters. The van der Waals surface area contributed by atoms with E-state index in [9.17, 15) is 4.79 Å². The molecule has 1 rings (SSSR count). The number of furan rings is 1. The molecular formula is C8H11NO3. The van der Waals surface area contributed by atoms with Crippen molar-refractivity contribution < 1.29 is 14.3 Å². The third-order valence-corrected chi connectivity index (χ3v) is 1.65. The Morgan fingerprint density at radius 2 is 2.33 bits per heavy atom. The fraction of sp³-hybridized carbons (Fsp3) is 0.375. The molecule has 0 saturated heterocycles. The molecule has 0 aliphatic rings. The van der Waals surface area contributed by atoms with Gasteiger partial charge in [0.1, 0.15) is 0 Å². The second-order valence-electron chi connectivity index (χ2n) is 2.46. The molecule has 0 bridgehead atoms. The highest BCUT2D eigenvalue weighted by Crippen LogP contribution is 2.16. The van der Waals surface area contributed by atoms with Gasteiger partial charge in [-0.15, -0.1) is 0 Å². The first-order valence-corrected chi connectivity index (χ1v) is 3.69. The van der Waals surface area contributed by atoms with Crippen molar-refractivity contribution in [1.29, 1.82) is 0 Å². The second-order valence-corrected chi connectivity index (χ2v) is 2.46. The lowest BCUT2D eigenvalue weighted by Gasteiger charge is -2.11. The van der Waals surface area contributed by atoms with E-state index in [4.69, 9.17) is 9.52 Å². The molecule has 0 aliphatic carbocycles. The molecule has 1 heterocycles. The molecule has 66 valence electrons. The largest absolute Gasteiger partial charge is 0.475 e. The van der Waals surface area contributed by atoms with Gasteiger partial charge in [0, 0.05) is 19.7 Å². The summed E-state index contributed by atoms with van der Waals surface area (Å²) in [6, 6.07) is 3.09. The highest BCUT2D eigenvalue weighted by molar-refractivity contribution is 5.84. The summed E-state index contributed by atoms with van der Waals surface area (Å²) in [4.78, 5) is 12.2. The zero-order valence-corrected chi connectivity index (χ0v) is 7.07. The van der Waals surface area contributed by atoms with Gasteiger partial charge in [0.25, 0.3) is 0 Å². The van der Waals surface area contributed by atoms with Gasteiger partial charge in [-0.3, -0.25) is 0 Å². The van der Waals surface area contributed by atoms with Crippen LogP contribution < -0.4 is 4.90 Å². The third-order valence-electron chi connectivity index (χ3n) is 1.65. The van der Waals surface area contributed by atoms with Gasteiger partial charge in [0.15, 0.2) is 5.88 Å². The van der Waals surface area contributed by atoms with Crippen molar-refractivity contribution in [1.82, 2.24) is 0 Å². The van der Waals surface area contributed by atoms with Crippen molar-refractivity contribution in [2.45, 2.75) is 6.92 Å². The maximum Gasteiger partial charge on any atom is 0.371 e. The number of carboxylic acids is 1. The van der Waals surface area contributed by atoms with Crippen LogP contribution in [-0.4, -0.2) is 24.7 Å². The summed E-state index contributed by atoms with van der Waals surface area (Å²) in [5, 5.41) is 8.54. The summed E-state index contributed by atoms with van der Waals surface area (Å²) < 4.78 is 5.02. The number of hydrogen-bond acceptors (Lipinski definition) is 3. The smallest absolute Gasteiger partial charge is 0.371 e. The lowest BCUT2D eigenvalue weighted by molar-refractivity contribution is 0.0663. The van der Waals surface area contributed by atoms with E-state index in [0.29, 0.717) is 5.88 Å². The molecule has 1 aromatic rings. The Bertz CT molecular complexity index is 280. The third kappa shape index (κ3) is 1.58. The Kier molecular flexibility index (Phi) is 2.38. The minimum Gasteiger partial charge on any atom is -0.475 e. The monoisotopic (exact) mass is 169 g/mol. The van der Waals surface area contributed by atoms with E-state index in [2.05, 4.69) is 0 Å². The van der Waals surface area contributed by atoms with Crippen LogP contribution in [0.25, 0.3) is 0 Å². The lowest BCUT2D eigenvalue weighted by Crippen LogP contribution is -2.14. The topological polar surface area (TPSA) is 53.7 Å². The van der Waals surface area contributed by atoms with Gasteiger partial charge in [-0.2, -0.15) is 0 Å². The highest BCUT2D eigenvalue weighted by Gasteiger charge is 2.10. The average molecular weight is 169 g/mol.